The van der Waals surface area contributed by atoms with E-state index in [4.69, 9.17) is 0 Å². The molecule has 35 heavy (non-hydrogen) atoms. The average molecular weight is 554 g/mol. The van der Waals surface area contributed by atoms with E-state index < -0.39 is 0 Å². The summed E-state index contributed by atoms with van der Waals surface area (Å²) >= 11 is 0. The van der Waals surface area contributed by atoms with E-state index in [-0.39, 0.29) is 49.6 Å². The molecule has 0 N–H and O–H groups in total. The summed E-state index contributed by atoms with van der Waals surface area (Å²) in [6.07, 6.45) is 20.8. The molecule has 0 amide bonds. The van der Waals surface area contributed by atoms with Crippen LogP contribution in [0, 0.1) is 0 Å². The van der Waals surface area contributed by atoms with Crippen LogP contribution in [0.1, 0.15) is 19.3 Å². The molecule has 0 radical (unpaired) electrons. The van der Waals surface area contributed by atoms with Gasteiger partial charge < -0.3 is 49.6 Å². The summed E-state index contributed by atoms with van der Waals surface area (Å²) in [6, 6.07) is 17.5. The Bertz CT molecular complexity index is 1010. The lowest BCUT2D eigenvalue weighted by molar-refractivity contribution is -0.701. The number of nitrogens with zero attached hydrogens (tertiary/aromatic N) is 4. The molecule has 0 aliphatic rings. The summed E-state index contributed by atoms with van der Waals surface area (Å²) in [7, 11) is 4.09. The Balaban J connectivity index is 0.00000289. The second kappa shape index (κ2) is 16.4. The topological polar surface area (TPSA) is 15.5 Å². The number of rotatable bonds is 8. The van der Waals surface area contributed by atoms with E-state index in [1.165, 1.54) is 41.5 Å². The van der Waals surface area contributed by atoms with Gasteiger partial charge in [0.25, 0.3) is 0 Å². The molecule has 0 aromatic carbocycles. The van der Waals surface area contributed by atoms with Crippen LogP contribution in [0.15, 0.2) is 98.1 Å². The molecule has 0 aliphatic heterocycles. The minimum atomic E-state index is 0. The molecule has 4 heterocycles. The zero-order chi connectivity index (χ0) is 21.5. The maximum absolute atomic E-state index is 2.29. The highest BCUT2D eigenvalue weighted by Crippen LogP contribution is 2.16. The smallest absolute Gasteiger partial charge is 0.169 e. The van der Waals surface area contributed by atoms with E-state index in [0.29, 0.717) is 0 Å². The summed E-state index contributed by atoms with van der Waals surface area (Å²) in [4.78, 5) is 0. The van der Waals surface area contributed by atoms with Crippen LogP contribution in [-0.2, 0) is 27.2 Å². The highest BCUT2D eigenvalue weighted by atomic mass is 35.5. The van der Waals surface area contributed by atoms with Gasteiger partial charge in [0.1, 0.15) is 27.2 Å². The second-order valence-corrected chi connectivity index (χ2v) is 8.21. The van der Waals surface area contributed by atoms with Gasteiger partial charge in [-0.05, 0) is 28.7 Å². The summed E-state index contributed by atoms with van der Waals surface area (Å²) in [5, 5.41) is 0. The first-order valence-electron chi connectivity index (χ1n) is 11.1. The van der Waals surface area contributed by atoms with Gasteiger partial charge in [-0.1, -0.05) is 0 Å². The summed E-state index contributed by atoms with van der Waals surface area (Å²) in [6.45, 7) is 2.14. The molecule has 0 aliphatic carbocycles. The van der Waals surface area contributed by atoms with Gasteiger partial charge in [0, 0.05) is 61.4 Å². The van der Waals surface area contributed by atoms with Crippen molar-refractivity contribution in [2.75, 3.05) is 0 Å². The SMILES string of the molecule is C[n+]1ccc(-c2cc[n+](CCCCC[n+]3ccc(-c4cc[n+](C)cc4)cc3)cc2)cc1.[Cl-].[Cl-].[Cl-].[Cl-]. The molecule has 0 fully saturated rings. The number of pyridine rings is 4. The Labute approximate surface area is 233 Å². The normalized spacial score (nSPS) is 9.66. The maximum atomic E-state index is 2.29. The van der Waals surface area contributed by atoms with Crippen LogP contribution in [0.2, 0.25) is 0 Å². The molecule has 4 aromatic heterocycles. The van der Waals surface area contributed by atoms with Gasteiger partial charge in [-0.3, -0.25) is 0 Å². The third-order valence-electron chi connectivity index (χ3n) is 5.74. The van der Waals surface area contributed by atoms with Crippen LogP contribution in [-0.4, -0.2) is 0 Å². The van der Waals surface area contributed by atoms with Crippen molar-refractivity contribution in [1.82, 2.24) is 0 Å². The molecule has 0 saturated heterocycles. The molecule has 4 nitrogen and oxygen atoms in total. The van der Waals surface area contributed by atoms with Crippen molar-refractivity contribution in [3.63, 3.8) is 0 Å². The Hall–Kier alpha value is -2.24. The lowest BCUT2D eigenvalue weighted by atomic mass is 10.1. The predicted octanol–water partition coefficient (Wildman–Crippen LogP) is -8.87. The molecular formula is C27H32Cl4N4. The van der Waals surface area contributed by atoms with Crippen LogP contribution in [0.3, 0.4) is 0 Å². The van der Waals surface area contributed by atoms with Gasteiger partial charge >= 0.3 is 0 Å². The van der Waals surface area contributed by atoms with E-state index in [1.54, 1.807) is 0 Å². The van der Waals surface area contributed by atoms with Crippen LogP contribution in [0.25, 0.3) is 22.3 Å². The van der Waals surface area contributed by atoms with Crippen molar-refractivity contribution in [2.24, 2.45) is 14.1 Å². The zero-order valence-corrected chi connectivity index (χ0v) is 23.1. The number of aromatic nitrogens is 4. The maximum Gasteiger partial charge on any atom is 0.169 e. The van der Waals surface area contributed by atoms with Crippen LogP contribution < -0.4 is 67.9 Å². The van der Waals surface area contributed by atoms with E-state index in [9.17, 15) is 0 Å². The average Bonchev–Trinajstić information content (AvgIpc) is 2.81. The van der Waals surface area contributed by atoms with Crippen molar-refractivity contribution in [3.8, 4) is 22.3 Å². The monoisotopic (exact) mass is 552 g/mol. The number of aryl methyl sites for hydroxylation is 4. The molecule has 4 rings (SSSR count). The molecular weight excluding hydrogens is 522 g/mol. The molecule has 0 spiro atoms. The fourth-order valence-corrected chi connectivity index (χ4v) is 3.75. The van der Waals surface area contributed by atoms with Crippen molar-refractivity contribution in [2.45, 2.75) is 32.4 Å². The first-order valence-corrected chi connectivity index (χ1v) is 11.1. The molecule has 0 unspecified atom stereocenters. The van der Waals surface area contributed by atoms with Gasteiger partial charge in [0.2, 0.25) is 0 Å². The highest BCUT2D eigenvalue weighted by Gasteiger charge is 2.07. The van der Waals surface area contributed by atoms with Gasteiger partial charge in [-0.15, -0.1) is 0 Å². The lowest BCUT2D eigenvalue weighted by Gasteiger charge is -2.02. The van der Waals surface area contributed by atoms with Gasteiger partial charge in [-0.2, -0.15) is 0 Å². The van der Waals surface area contributed by atoms with Crippen LogP contribution >= 0.6 is 0 Å². The molecule has 0 bridgehead atoms. The summed E-state index contributed by atoms with van der Waals surface area (Å²) < 4.78 is 8.69. The van der Waals surface area contributed by atoms with E-state index in [1.807, 2.05) is 14.1 Å². The van der Waals surface area contributed by atoms with E-state index in [0.717, 1.165) is 13.1 Å². The quantitative estimate of drug-likeness (QED) is 0.152. The minimum Gasteiger partial charge on any atom is -1.00 e. The third kappa shape index (κ3) is 9.73. The van der Waals surface area contributed by atoms with Gasteiger partial charge in [0.15, 0.2) is 49.6 Å². The molecule has 0 saturated carbocycles. The van der Waals surface area contributed by atoms with E-state index >= 15 is 0 Å². The summed E-state index contributed by atoms with van der Waals surface area (Å²) in [5.74, 6) is 0. The highest BCUT2D eigenvalue weighted by molar-refractivity contribution is 5.61. The fourth-order valence-electron chi connectivity index (χ4n) is 3.75. The number of hydrogen-bond acceptors (Lipinski definition) is 0. The Morgan fingerprint density at radius 3 is 0.943 bits per heavy atom. The van der Waals surface area contributed by atoms with Gasteiger partial charge in [-0.25, -0.2) is 18.3 Å². The lowest BCUT2D eigenvalue weighted by Crippen LogP contribution is -3.00. The molecule has 8 heteroatoms. The molecule has 4 aromatic rings. The Morgan fingerprint density at radius 2 is 0.657 bits per heavy atom. The predicted molar refractivity (Wildman–Crippen MR) is 120 cm³/mol. The van der Waals surface area contributed by atoms with E-state index in [2.05, 4.69) is 116 Å². The number of unbranched alkanes of at least 4 members (excludes halogenated alkanes) is 2. The largest absolute Gasteiger partial charge is 1.00 e. The fraction of sp³-hybridized carbons (Fsp3) is 0.259. The summed E-state index contributed by atoms with van der Waals surface area (Å²) in [5.41, 5.74) is 5.05. The number of hydrogen-bond donors (Lipinski definition) is 0. The number of halogens is 4. The van der Waals surface area contributed by atoms with Crippen molar-refractivity contribution in [3.05, 3.63) is 98.1 Å². The van der Waals surface area contributed by atoms with Crippen LogP contribution in [0.4, 0.5) is 0 Å². The molecule has 0 atom stereocenters. The van der Waals surface area contributed by atoms with Crippen LogP contribution in [0.5, 0.6) is 0 Å². The first kappa shape index (κ1) is 32.8. The Morgan fingerprint density at radius 1 is 0.400 bits per heavy atom. The Kier molecular flexibility index (Phi) is 15.4. The standard InChI is InChI=1S/C27H32N4.4ClH/c1-28-16-6-24(7-17-28)26-10-20-30(21-11-26)14-4-3-5-15-31-22-12-27(13-23-31)25-8-18-29(2)19-9-25;;;;/h6-13,16-23H,3-5,14-15H2,1-2H3;4*1H/q+4;;;;/p-4. The second-order valence-electron chi connectivity index (χ2n) is 8.21. The molecule has 188 valence electrons. The van der Waals surface area contributed by atoms with Gasteiger partial charge in [0.05, 0.1) is 0 Å². The zero-order valence-electron chi connectivity index (χ0n) is 20.1. The first-order chi connectivity index (χ1) is 15.2. The van der Waals surface area contributed by atoms with Crippen molar-refractivity contribution >= 4 is 0 Å². The van der Waals surface area contributed by atoms with Crippen molar-refractivity contribution < 1.29 is 67.9 Å². The van der Waals surface area contributed by atoms with Crippen molar-refractivity contribution in [1.29, 1.82) is 0 Å². The minimum absolute atomic E-state index is 0. The third-order valence-corrected chi connectivity index (χ3v) is 5.74.